The highest BCUT2D eigenvalue weighted by Crippen LogP contribution is 2.31. The maximum atomic E-state index is 12.5. The van der Waals surface area contributed by atoms with Crippen molar-refractivity contribution in [3.8, 4) is 11.6 Å². The highest BCUT2D eigenvalue weighted by atomic mass is 16.5. The number of fused-ring (bicyclic) bond motifs is 1. The van der Waals surface area contributed by atoms with E-state index in [9.17, 15) is 14.7 Å². The number of hydrogen-bond acceptors (Lipinski definition) is 9. The first-order valence-corrected chi connectivity index (χ1v) is 12.7. The van der Waals surface area contributed by atoms with Crippen molar-refractivity contribution >= 4 is 40.1 Å². The van der Waals surface area contributed by atoms with Crippen molar-refractivity contribution in [1.82, 2.24) is 20.2 Å². The molecule has 4 aromatic rings. The van der Waals surface area contributed by atoms with Crippen molar-refractivity contribution in [3.63, 3.8) is 0 Å². The molecule has 202 valence electrons. The first kappa shape index (κ1) is 26.1. The van der Waals surface area contributed by atoms with Gasteiger partial charge in [0.05, 0.1) is 18.7 Å². The summed E-state index contributed by atoms with van der Waals surface area (Å²) in [5, 5.41) is 18.8. The molecule has 1 fully saturated rings. The van der Waals surface area contributed by atoms with Crippen molar-refractivity contribution < 1.29 is 23.8 Å². The molecule has 1 saturated heterocycles. The van der Waals surface area contributed by atoms with E-state index in [0.717, 1.165) is 19.4 Å². The number of aliphatic hydroxyl groups excluding tert-OH is 1. The lowest BCUT2D eigenvalue weighted by Crippen LogP contribution is -2.38. The molecular weight excluding hydrogens is 500 g/mol. The zero-order chi connectivity index (χ0) is 27.4. The molecular formula is C28H30N6O5. The molecule has 4 N–H and O–H groups in total. The lowest BCUT2D eigenvalue weighted by molar-refractivity contribution is -0.117. The van der Waals surface area contributed by atoms with E-state index in [-0.39, 0.29) is 31.0 Å². The normalized spacial score (nSPS) is 15.3. The second kappa shape index (κ2) is 11.5. The van der Waals surface area contributed by atoms with Crippen LogP contribution in [0.1, 0.15) is 29.0 Å². The van der Waals surface area contributed by atoms with Gasteiger partial charge in [-0.3, -0.25) is 14.5 Å². The van der Waals surface area contributed by atoms with E-state index in [2.05, 4.69) is 25.9 Å². The summed E-state index contributed by atoms with van der Waals surface area (Å²) in [6.45, 7) is 2.85. The van der Waals surface area contributed by atoms with Gasteiger partial charge in [0, 0.05) is 48.2 Å². The van der Waals surface area contributed by atoms with Crippen LogP contribution in [0.2, 0.25) is 0 Å². The SMILES string of the molecule is CNC(=O)c1c(C)oc2cc(Oc3ccnc(Nc4cccc(NC(=O)CN5CCC[C@H]5CO)c4)n3)ccc12. The number of carbonyl (C=O) groups is 2. The Morgan fingerprint density at radius 1 is 1.18 bits per heavy atom. The number of benzene rings is 2. The molecule has 0 aliphatic carbocycles. The van der Waals surface area contributed by atoms with E-state index >= 15 is 0 Å². The molecule has 39 heavy (non-hydrogen) atoms. The van der Waals surface area contributed by atoms with Crippen LogP contribution in [0.25, 0.3) is 11.0 Å². The maximum Gasteiger partial charge on any atom is 0.255 e. The molecule has 1 aliphatic heterocycles. The predicted octanol–water partition coefficient (Wildman–Crippen LogP) is 3.82. The number of carbonyl (C=O) groups excluding carboxylic acids is 2. The zero-order valence-corrected chi connectivity index (χ0v) is 21.7. The third kappa shape index (κ3) is 6.00. The van der Waals surface area contributed by atoms with Crippen LogP contribution in [-0.4, -0.2) is 64.6 Å². The number of furan rings is 1. The number of nitrogens with one attached hydrogen (secondary N) is 3. The highest BCUT2D eigenvalue weighted by Gasteiger charge is 2.25. The Morgan fingerprint density at radius 3 is 2.85 bits per heavy atom. The molecule has 0 spiro atoms. The second-order valence-electron chi connectivity index (χ2n) is 9.29. The van der Waals surface area contributed by atoms with Gasteiger partial charge in [-0.25, -0.2) is 4.98 Å². The number of amides is 2. The van der Waals surface area contributed by atoms with Crippen molar-refractivity contribution in [2.75, 3.05) is 37.4 Å². The number of rotatable bonds is 9. The minimum Gasteiger partial charge on any atom is -0.460 e. The van der Waals surface area contributed by atoms with Crippen LogP contribution in [0.4, 0.5) is 17.3 Å². The number of ether oxygens (including phenoxy) is 1. The van der Waals surface area contributed by atoms with E-state index in [1.54, 1.807) is 56.6 Å². The van der Waals surface area contributed by atoms with Gasteiger partial charge in [-0.1, -0.05) is 6.07 Å². The second-order valence-corrected chi connectivity index (χ2v) is 9.29. The van der Waals surface area contributed by atoms with Gasteiger partial charge in [-0.15, -0.1) is 0 Å². The number of aryl methyl sites for hydroxylation is 1. The third-order valence-electron chi connectivity index (χ3n) is 6.60. The van der Waals surface area contributed by atoms with Crippen LogP contribution in [-0.2, 0) is 4.79 Å². The van der Waals surface area contributed by atoms with Crippen LogP contribution in [0.5, 0.6) is 11.6 Å². The average molecular weight is 531 g/mol. The topological polar surface area (TPSA) is 142 Å². The summed E-state index contributed by atoms with van der Waals surface area (Å²) in [6.07, 6.45) is 3.46. The summed E-state index contributed by atoms with van der Waals surface area (Å²) in [4.78, 5) is 35.4. The molecule has 2 amide bonds. The number of anilines is 3. The Labute approximate surface area is 225 Å². The zero-order valence-electron chi connectivity index (χ0n) is 21.7. The van der Waals surface area contributed by atoms with Crippen LogP contribution in [0, 0.1) is 6.92 Å². The predicted molar refractivity (Wildman–Crippen MR) is 146 cm³/mol. The molecule has 11 heteroatoms. The van der Waals surface area contributed by atoms with E-state index in [1.807, 2.05) is 17.0 Å². The minimum absolute atomic E-state index is 0.0422. The largest absolute Gasteiger partial charge is 0.460 e. The molecule has 3 heterocycles. The van der Waals surface area contributed by atoms with Gasteiger partial charge in [0.2, 0.25) is 17.7 Å². The molecule has 0 radical (unpaired) electrons. The smallest absolute Gasteiger partial charge is 0.255 e. The fourth-order valence-corrected chi connectivity index (χ4v) is 4.75. The Morgan fingerprint density at radius 2 is 2.03 bits per heavy atom. The maximum absolute atomic E-state index is 12.5. The highest BCUT2D eigenvalue weighted by molar-refractivity contribution is 6.07. The number of likely N-dealkylation sites (tertiary alicyclic amines) is 1. The number of hydrogen-bond donors (Lipinski definition) is 4. The molecule has 5 rings (SSSR count). The Hall–Kier alpha value is -4.48. The van der Waals surface area contributed by atoms with Gasteiger partial charge < -0.3 is 30.2 Å². The lowest BCUT2D eigenvalue weighted by atomic mass is 10.1. The van der Waals surface area contributed by atoms with Gasteiger partial charge in [0.1, 0.15) is 17.1 Å². The Kier molecular flexibility index (Phi) is 7.71. The standard InChI is InChI=1S/C28H30N6O5/c1-17-26(27(37)29-2)22-9-8-21(14-23(22)38-17)39-25-10-11-30-28(33-25)32-19-6-3-5-18(13-19)31-24(36)15-34-12-4-7-20(34)16-35/h3,5-6,8-11,13-14,20,35H,4,7,12,15-16H2,1-2H3,(H,29,37)(H,31,36)(H,30,32,33)/t20-/m0/s1. The molecule has 2 aromatic heterocycles. The summed E-state index contributed by atoms with van der Waals surface area (Å²) < 4.78 is 11.7. The molecule has 1 atom stereocenters. The van der Waals surface area contributed by atoms with E-state index < -0.39 is 0 Å². The first-order chi connectivity index (χ1) is 18.9. The number of aromatic nitrogens is 2. The number of aliphatic hydroxyl groups is 1. The summed E-state index contributed by atoms with van der Waals surface area (Å²) in [5.41, 5.74) is 2.35. The van der Waals surface area contributed by atoms with Crippen molar-refractivity contribution in [1.29, 1.82) is 0 Å². The minimum atomic E-state index is -0.211. The van der Waals surface area contributed by atoms with Gasteiger partial charge in [0.25, 0.3) is 5.91 Å². The average Bonchev–Trinajstić information content (AvgIpc) is 3.50. The van der Waals surface area contributed by atoms with Crippen LogP contribution in [0.3, 0.4) is 0 Å². The monoisotopic (exact) mass is 530 g/mol. The third-order valence-corrected chi connectivity index (χ3v) is 6.60. The van der Waals surface area contributed by atoms with Gasteiger partial charge in [-0.2, -0.15) is 4.98 Å². The molecule has 1 aliphatic rings. The quantitative estimate of drug-likeness (QED) is 0.254. The van der Waals surface area contributed by atoms with Crippen LogP contribution < -0.4 is 20.7 Å². The summed E-state index contributed by atoms with van der Waals surface area (Å²) >= 11 is 0. The van der Waals surface area contributed by atoms with Crippen LogP contribution in [0.15, 0.2) is 59.1 Å². The van der Waals surface area contributed by atoms with Crippen molar-refractivity contribution in [2.24, 2.45) is 0 Å². The summed E-state index contributed by atoms with van der Waals surface area (Å²) in [7, 11) is 1.58. The van der Waals surface area contributed by atoms with E-state index in [0.29, 0.717) is 51.2 Å². The van der Waals surface area contributed by atoms with Gasteiger partial charge >= 0.3 is 0 Å². The summed E-state index contributed by atoms with van der Waals surface area (Å²) in [5.74, 6) is 1.31. The van der Waals surface area contributed by atoms with Crippen LogP contribution >= 0.6 is 0 Å². The fourth-order valence-electron chi connectivity index (χ4n) is 4.75. The Balaban J connectivity index is 1.24. The Bertz CT molecular complexity index is 1500. The molecule has 0 saturated carbocycles. The van der Waals surface area contributed by atoms with E-state index in [4.69, 9.17) is 9.15 Å². The molecule has 0 unspecified atom stereocenters. The lowest BCUT2D eigenvalue weighted by Gasteiger charge is -2.21. The van der Waals surface area contributed by atoms with Gasteiger partial charge in [0.15, 0.2) is 0 Å². The van der Waals surface area contributed by atoms with Crippen molar-refractivity contribution in [3.05, 3.63) is 66.1 Å². The van der Waals surface area contributed by atoms with Gasteiger partial charge in [-0.05, 0) is 56.6 Å². The molecule has 0 bridgehead atoms. The number of nitrogens with zero attached hydrogens (tertiary/aromatic N) is 3. The fraction of sp³-hybridized carbons (Fsp3) is 0.286. The van der Waals surface area contributed by atoms with Crippen molar-refractivity contribution in [2.45, 2.75) is 25.8 Å². The van der Waals surface area contributed by atoms with E-state index in [1.165, 1.54) is 0 Å². The summed E-state index contributed by atoms with van der Waals surface area (Å²) in [6, 6.07) is 14.2. The molecule has 2 aromatic carbocycles. The molecule has 11 nitrogen and oxygen atoms in total. The first-order valence-electron chi connectivity index (χ1n) is 12.7.